The molecular formula is C11H14N4O3S. The van der Waals surface area contributed by atoms with Crippen molar-refractivity contribution >= 4 is 15.7 Å². The maximum Gasteiger partial charge on any atom is 0.242 e. The molecule has 0 aliphatic rings. The lowest BCUT2D eigenvalue weighted by Gasteiger charge is -2.10. The van der Waals surface area contributed by atoms with Crippen LogP contribution in [-0.4, -0.2) is 25.1 Å². The number of aryl methyl sites for hydroxylation is 1. The second-order valence-corrected chi connectivity index (χ2v) is 5.68. The van der Waals surface area contributed by atoms with Crippen molar-refractivity contribution in [3.05, 3.63) is 36.0 Å². The number of anilines is 1. The zero-order valence-electron chi connectivity index (χ0n) is 10.3. The number of nitrogen functional groups attached to an aromatic ring is 1. The maximum absolute atomic E-state index is 12.1. The molecule has 7 nitrogen and oxygen atoms in total. The van der Waals surface area contributed by atoms with Gasteiger partial charge in [-0.05, 0) is 18.6 Å². The molecular weight excluding hydrogens is 268 g/mol. The lowest BCUT2D eigenvalue weighted by molar-refractivity contribution is 0.377. The molecule has 0 unspecified atom stereocenters. The molecule has 0 saturated heterocycles. The highest BCUT2D eigenvalue weighted by atomic mass is 32.2. The van der Waals surface area contributed by atoms with Crippen molar-refractivity contribution in [1.29, 1.82) is 0 Å². The summed E-state index contributed by atoms with van der Waals surface area (Å²) in [5, 5.41) is 3.44. The van der Waals surface area contributed by atoms with Crippen molar-refractivity contribution < 1.29 is 12.9 Å². The third kappa shape index (κ3) is 3.09. The molecule has 8 heteroatoms. The SMILES string of the molecule is Cc1cccc(N)c1S(=O)(=O)NCCc1ncno1. The standard InChI is InChI=1S/C11H14N4O3S/c1-8-3-2-4-9(12)11(8)19(16,17)15-6-5-10-13-7-14-18-10/h2-4,7,15H,5-6,12H2,1H3. The van der Waals surface area contributed by atoms with Crippen LogP contribution in [0.2, 0.25) is 0 Å². The van der Waals surface area contributed by atoms with Gasteiger partial charge in [-0.1, -0.05) is 17.3 Å². The number of nitrogens with zero attached hydrogens (tertiary/aromatic N) is 2. The van der Waals surface area contributed by atoms with Crippen LogP contribution < -0.4 is 10.5 Å². The summed E-state index contributed by atoms with van der Waals surface area (Å²) in [6.45, 7) is 1.86. The second kappa shape index (κ2) is 5.37. The van der Waals surface area contributed by atoms with Crippen molar-refractivity contribution in [3.63, 3.8) is 0 Å². The van der Waals surface area contributed by atoms with E-state index in [0.717, 1.165) is 0 Å². The molecule has 0 aliphatic carbocycles. The van der Waals surface area contributed by atoms with Crippen molar-refractivity contribution in [2.24, 2.45) is 0 Å². The maximum atomic E-state index is 12.1. The topological polar surface area (TPSA) is 111 Å². The zero-order valence-corrected chi connectivity index (χ0v) is 11.1. The van der Waals surface area contributed by atoms with E-state index in [1.54, 1.807) is 25.1 Å². The molecule has 1 aromatic carbocycles. The molecule has 1 heterocycles. The molecule has 0 bridgehead atoms. The van der Waals surface area contributed by atoms with Gasteiger partial charge in [0.2, 0.25) is 15.9 Å². The van der Waals surface area contributed by atoms with Gasteiger partial charge < -0.3 is 10.3 Å². The monoisotopic (exact) mass is 282 g/mol. The molecule has 0 aliphatic heterocycles. The van der Waals surface area contributed by atoms with E-state index in [2.05, 4.69) is 14.9 Å². The predicted molar refractivity (Wildman–Crippen MR) is 68.8 cm³/mol. The number of nitrogens with two attached hydrogens (primary N) is 1. The van der Waals surface area contributed by atoms with Crippen molar-refractivity contribution in [2.75, 3.05) is 12.3 Å². The lowest BCUT2D eigenvalue weighted by Crippen LogP contribution is -2.27. The van der Waals surface area contributed by atoms with Crippen LogP contribution in [0, 0.1) is 6.92 Å². The highest BCUT2D eigenvalue weighted by molar-refractivity contribution is 7.89. The van der Waals surface area contributed by atoms with Gasteiger partial charge in [0.15, 0.2) is 6.33 Å². The summed E-state index contributed by atoms with van der Waals surface area (Å²) in [5.74, 6) is 0.375. The van der Waals surface area contributed by atoms with Crippen LogP contribution in [0.1, 0.15) is 11.5 Å². The smallest absolute Gasteiger partial charge is 0.242 e. The summed E-state index contributed by atoms with van der Waals surface area (Å²) in [4.78, 5) is 3.92. The predicted octanol–water partition coefficient (Wildman–Crippen LogP) is 0.481. The number of rotatable bonds is 5. The van der Waals surface area contributed by atoms with Crippen LogP contribution in [0.15, 0.2) is 33.9 Å². The van der Waals surface area contributed by atoms with Crippen molar-refractivity contribution in [3.8, 4) is 0 Å². The number of hydrogen-bond donors (Lipinski definition) is 2. The summed E-state index contributed by atoms with van der Waals surface area (Å²) in [5.41, 5.74) is 6.54. The van der Waals surface area contributed by atoms with Crippen LogP contribution in [0.3, 0.4) is 0 Å². The first-order chi connectivity index (χ1) is 9.00. The average Bonchev–Trinajstić information content (AvgIpc) is 2.81. The van der Waals surface area contributed by atoms with Gasteiger partial charge in [0.25, 0.3) is 0 Å². The Labute approximate surface area is 110 Å². The van der Waals surface area contributed by atoms with Gasteiger partial charge in [-0.15, -0.1) is 0 Å². The first-order valence-corrected chi connectivity index (χ1v) is 7.09. The number of sulfonamides is 1. The summed E-state index contributed by atoms with van der Waals surface area (Å²) in [7, 11) is -3.64. The lowest BCUT2D eigenvalue weighted by atomic mass is 10.2. The minimum atomic E-state index is -3.64. The molecule has 0 amide bonds. The van der Waals surface area contributed by atoms with Crippen LogP contribution in [-0.2, 0) is 16.4 Å². The third-order valence-electron chi connectivity index (χ3n) is 2.55. The normalized spacial score (nSPS) is 11.6. The van der Waals surface area contributed by atoms with Crippen LogP contribution >= 0.6 is 0 Å². The van der Waals surface area contributed by atoms with Crippen molar-refractivity contribution in [2.45, 2.75) is 18.2 Å². The Morgan fingerprint density at radius 1 is 1.42 bits per heavy atom. The van der Waals surface area contributed by atoms with E-state index in [1.165, 1.54) is 6.33 Å². The number of benzene rings is 1. The van der Waals surface area contributed by atoms with E-state index in [0.29, 0.717) is 17.9 Å². The Bertz CT molecular complexity index is 632. The summed E-state index contributed by atoms with van der Waals surface area (Å²) >= 11 is 0. The van der Waals surface area contributed by atoms with E-state index in [-0.39, 0.29) is 17.1 Å². The van der Waals surface area contributed by atoms with E-state index in [4.69, 9.17) is 10.3 Å². The van der Waals surface area contributed by atoms with Gasteiger partial charge >= 0.3 is 0 Å². The highest BCUT2D eigenvalue weighted by Gasteiger charge is 2.19. The number of hydrogen-bond acceptors (Lipinski definition) is 6. The largest absolute Gasteiger partial charge is 0.398 e. The van der Waals surface area contributed by atoms with Gasteiger partial charge in [0.1, 0.15) is 4.90 Å². The Morgan fingerprint density at radius 3 is 2.84 bits per heavy atom. The fraction of sp³-hybridized carbons (Fsp3) is 0.273. The van der Waals surface area contributed by atoms with E-state index in [9.17, 15) is 8.42 Å². The molecule has 3 N–H and O–H groups in total. The number of nitrogens with one attached hydrogen (secondary N) is 1. The summed E-state index contributed by atoms with van der Waals surface area (Å²) in [6.07, 6.45) is 1.59. The van der Waals surface area contributed by atoms with E-state index >= 15 is 0 Å². The molecule has 0 atom stereocenters. The first-order valence-electron chi connectivity index (χ1n) is 5.61. The third-order valence-corrected chi connectivity index (χ3v) is 4.23. The van der Waals surface area contributed by atoms with Gasteiger partial charge in [-0.2, -0.15) is 4.98 Å². The molecule has 19 heavy (non-hydrogen) atoms. The van der Waals surface area contributed by atoms with E-state index < -0.39 is 10.0 Å². The minimum absolute atomic E-state index is 0.112. The van der Waals surface area contributed by atoms with Gasteiger partial charge in [-0.25, -0.2) is 13.1 Å². The Morgan fingerprint density at radius 2 is 2.21 bits per heavy atom. The Balaban J connectivity index is 2.10. The minimum Gasteiger partial charge on any atom is -0.398 e. The molecule has 0 fully saturated rings. The number of aromatic nitrogens is 2. The van der Waals surface area contributed by atoms with Gasteiger partial charge in [0, 0.05) is 13.0 Å². The highest BCUT2D eigenvalue weighted by Crippen LogP contribution is 2.21. The summed E-state index contributed by atoms with van der Waals surface area (Å²) < 4.78 is 31.5. The van der Waals surface area contributed by atoms with E-state index in [1.807, 2.05) is 0 Å². The first kappa shape index (κ1) is 13.5. The Kier molecular flexibility index (Phi) is 3.82. The van der Waals surface area contributed by atoms with Crippen LogP contribution in [0.25, 0.3) is 0 Å². The fourth-order valence-electron chi connectivity index (χ4n) is 1.71. The van der Waals surface area contributed by atoms with Crippen LogP contribution in [0.4, 0.5) is 5.69 Å². The molecule has 1 aromatic heterocycles. The average molecular weight is 282 g/mol. The molecule has 0 radical (unpaired) electrons. The molecule has 0 spiro atoms. The Hall–Kier alpha value is -1.93. The van der Waals surface area contributed by atoms with Gasteiger partial charge in [0.05, 0.1) is 5.69 Å². The molecule has 0 saturated carbocycles. The quantitative estimate of drug-likeness (QED) is 0.772. The molecule has 2 rings (SSSR count). The molecule has 2 aromatic rings. The van der Waals surface area contributed by atoms with Crippen LogP contribution in [0.5, 0.6) is 0 Å². The second-order valence-electron chi connectivity index (χ2n) is 3.98. The summed E-state index contributed by atoms with van der Waals surface area (Å²) in [6, 6.07) is 4.96. The van der Waals surface area contributed by atoms with Gasteiger partial charge in [-0.3, -0.25) is 0 Å². The molecule has 102 valence electrons. The van der Waals surface area contributed by atoms with Crippen molar-refractivity contribution in [1.82, 2.24) is 14.9 Å². The fourth-order valence-corrected chi connectivity index (χ4v) is 3.10. The zero-order chi connectivity index (χ0) is 13.9.